The molecule has 1 aliphatic rings. The van der Waals surface area contributed by atoms with Crippen LogP contribution in [0.2, 0.25) is 0 Å². The number of aromatic nitrogens is 2. The van der Waals surface area contributed by atoms with Gasteiger partial charge in [0.2, 0.25) is 10.0 Å². The summed E-state index contributed by atoms with van der Waals surface area (Å²) in [4.78, 5) is 6.69. The Bertz CT molecular complexity index is 1280. The van der Waals surface area contributed by atoms with E-state index in [2.05, 4.69) is 63.7 Å². The minimum Gasteiger partial charge on any atom is -0.351 e. The molecule has 0 amide bonds. The molecule has 0 saturated carbocycles. The normalized spacial score (nSPS) is 18.9. The fourth-order valence-corrected chi connectivity index (χ4v) is 5.06. The third-order valence-corrected chi connectivity index (χ3v) is 6.62. The molecule has 0 bridgehead atoms. The minimum atomic E-state index is -3.36. The Hall–Kier alpha value is -2.91. The van der Waals surface area contributed by atoms with E-state index in [4.69, 9.17) is 12.2 Å². The monoisotopic (exact) mass is 483 g/mol. The summed E-state index contributed by atoms with van der Waals surface area (Å²) in [5.74, 6) is 0. The Morgan fingerprint density at radius 2 is 1.91 bits per heavy atom. The first kappa shape index (κ1) is 23.3. The smallest absolute Gasteiger partial charge is 0.229 e. The van der Waals surface area contributed by atoms with Gasteiger partial charge in [0.1, 0.15) is 0 Å². The van der Waals surface area contributed by atoms with Crippen molar-refractivity contribution in [1.82, 2.24) is 14.9 Å². The topological polar surface area (TPSA) is 79.3 Å². The van der Waals surface area contributed by atoms with Crippen LogP contribution in [0.1, 0.15) is 49.7 Å². The average Bonchev–Trinajstić information content (AvgIpc) is 3.34. The van der Waals surface area contributed by atoms with Gasteiger partial charge in [-0.3, -0.25) is 9.71 Å². The lowest BCUT2D eigenvalue weighted by Gasteiger charge is -2.28. The van der Waals surface area contributed by atoms with Gasteiger partial charge in [0.15, 0.2) is 5.11 Å². The minimum absolute atomic E-state index is 0.0499. The second-order valence-corrected chi connectivity index (χ2v) is 11.5. The highest BCUT2D eigenvalue weighted by Gasteiger charge is 2.41. The second-order valence-electron chi connectivity index (χ2n) is 9.39. The van der Waals surface area contributed by atoms with Crippen molar-refractivity contribution in [3.8, 4) is 0 Å². The molecule has 1 aliphatic heterocycles. The van der Waals surface area contributed by atoms with Gasteiger partial charge in [-0.25, -0.2) is 8.42 Å². The van der Waals surface area contributed by atoms with Gasteiger partial charge in [-0.05, 0) is 87.4 Å². The number of sulfonamides is 1. The third-order valence-electron chi connectivity index (χ3n) is 5.71. The zero-order valence-corrected chi connectivity index (χ0v) is 21.0. The highest BCUT2D eigenvalue weighted by Crippen LogP contribution is 2.42. The Balaban J connectivity index is 1.79. The summed E-state index contributed by atoms with van der Waals surface area (Å²) < 4.78 is 28.2. The standard InChI is InChI=1S/C24H29N5O2S2/c1-16-14-18(9-10-19(16)27-33(5,30)31)29-22(17-11-13-28(15-17)24(2,3)4)21(26-23(29)32)20-8-6-7-12-25-20/h6-15,21-22,27H,1-5H3,(H,26,32). The molecular weight excluding hydrogens is 454 g/mol. The van der Waals surface area contributed by atoms with Crippen molar-refractivity contribution in [1.29, 1.82) is 0 Å². The largest absolute Gasteiger partial charge is 0.351 e. The van der Waals surface area contributed by atoms with Crippen LogP contribution in [-0.4, -0.2) is 29.3 Å². The lowest BCUT2D eigenvalue weighted by atomic mass is 9.98. The van der Waals surface area contributed by atoms with Gasteiger partial charge in [0, 0.05) is 29.8 Å². The second kappa shape index (κ2) is 8.46. The van der Waals surface area contributed by atoms with Gasteiger partial charge in [-0.15, -0.1) is 0 Å². The van der Waals surface area contributed by atoms with Crippen LogP contribution in [0, 0.1) is 6.92 Å². The molecule has 2 atom stereocenters. The van der Waals surface area contributed by atoms with Gasteiger partial charge < -0.3 is 14.8 Å². The molecule has 3 aromatic rings. The molecule has 2 unspecified atom stereocenters. The maximum Gasteiger partial charge on any atom is 0.229 e. The highest BCUT2D eigenvalue weighted by atomic mass is 32.2. The number of rotatable bonds is 5. The molecule has 2 aromatic heterocycles. The van der Waals surface area contributed by atoms with Crippen LogP contribution in [0.3, 0.4) is 0 Å². The summed E-state index contributed by atoms with van der Waals surface area (Å²) in [6.45, 7) is 8.38. The molecule has 33 heavy (non-hydrogen) atoms. The van der Waals surface area contributed by atoms with Gasteiger partial charge in [-0.1, -0.05) is 6.07 Å². The maximum atomic E-state index is 11.7. The SMILES string of the molecule is Cc1cc(N2C(=S)NC(c3ccccn3)C2c2ccn(C(C)(C)C)c2)ccc1NS(C)(=O)=O. The summed E-state index contributed by atoms with van der Waals surface area (Å²) in [7, 11) is -3.36. The molecule has 1 saturated heterocycles. The maximum absolute atomic E-state index is 11.7. The summed E-state index contributed by atoms with van der Waals surface area (Å²) in [5.41, 5.74) is 4.22. The van der Waals surface area contributed by atoms with Crippen molar-refractivity contribution >= 4 is 38.7 Å². The number of hydrogen-bond donors (Lipinski definition) is 2. The van der Waals surface area contributed by atoms with Crippen molar-refractivity contribution < 1.29 is 8.42 Å². The predicted molar refractivity (Wildman–Crippen MR) is 137 cm³/mol. The Morgan fingerprint density at radius 3 is 2.48 bits per heavy atom. The molecule has 4 rings (SSSR count). The third kappa shape index (κ3) is 4.89. The van der Waals surface area contributed by atoms with Crippen molar-refractivity contribution in [3.05, 3.63) is 77.9 Å². The molecular formula is C24H29N5O2S2. The molecule has 0 aliphatic carbocycles. The van der Waals surface area contributed by atoms with E-state index in [1.807, 2.05) is 37.3 Å². The first-order valence-electron chi connectivity index (χ1n) is 10.7. The number of hydrogen-bond acceptors (Lipinski definition) is 4. The van der Waals surface area contributed by atoms with Gasteiger partial charge in [0.25, 0.3) is 0 Å². The van der Waals surface area contributed by atoms with Crippen molar-refractivity contribution in [2.75, 3.05) is 15.9 Å². The zero-order chi connectivity index (χ0) is 24.0. The summed E-state index contributed by atoms with van der Waals surface area (Å²) in [6, 6.07) is 13.4. The summed E-state index contributed by atoms with van der Waals surface area (Å²) in [6.07, 6.45) is 7.19. The van der Waals surface area contributed by atoms with Crippen LogP contribution in [0.5, 0.6) is 0 Å². The van der Waals surface area contributed by atoms with Gasteiger partial charge in [0.05, 0.1) is 29.7 Å². The van der Waals surface area contributed by atoms with Crippen LogP contribution < -0.4 is 14.9 Å². The lowest BCUT2D eigenvalue weighted by molar-refractivity contribution is 0.397. The van der Waals surface area contributed by atoms with Gasteiger partial charge in [-0.2, -0.15) is 0 Å². The first-order valence-corrected chi connectivity index (χ1v) is 13.0. The van der Waals surface area contributed by atoms with E-state index in [-0.39, 0.29) is 17.6 Å². The van der Waals surface area contributed by atoms with E-state index in [0.717, 1.165) is 28.8 Å². The molecule has 7 nitrogen and oxygen atoms in total. The number of aryl methyl sites for hydroxylation is 1. The van der Waals surface area contributed by atoms with Crippen LogP contribution in [-0.2, 0) is 15.6 Å². The number of benzene rings is 1. The molecule has 0 radical (unpaired) electrons. The van der Waals surface area contributed by atoms with Crippen LogP contribution >= 0.6 is 12.2 Å². The van der Waals surface area contributed by atoms with E-state index in [9.17, 15) is 8.42 Å². The molecule has 0 spiro atoms. The fourth-order valence-electron chi connectivity index (χ4n) is 4.09. The van der Waals surface area contributed by atoms with Crippen molar-refractivity contribution in [3.63, 3.8) is 0 Å². The first-order chi connectivity index (χ1) is 15.4. The van der Waals surface area contributed by atoms with E-state index in [1.165, 1.54) is 0 Å². The van der Waals surface area contributed by atoms with E-state index >= 15 is 0 Å². The van der Waals surface area contributed by atoms with Crippen LogP contribution in [0.25, 0.3) is 0 Å². The average molecular weight is 484 g/mol. The molecule has 1 fully saturated rings. The number of anilines is 2. The van der Waals surface area contributed by atoms with Crippen molar-refractivity contribution in [2.45, 2.75) is 45.3 Å². The highest BCUT2D eigenvalue weighted by molar-refractivity contribution is 7.92. The molecule has 9 heteroatoms. The molecule has 3 heterocycles. The fraction of sp³-hybridized carbons (Fsp3) is 0.333. The molecule has 2 N–H and O–H groups in total. The van der Waals surface area contributed by atoms with Crippen LogP contribution in [0.15, 0.2) is 61.1 Å². The quantitative estimate of drug-likeness (QED) is 0.521. The lowest BCUT2D eigenvalue weighted by Crippen LogP contribution is -2.29. The number of nitrogens with zero attached hydrogens (tertiary/aromatic N) is 3. The van der Waals surface area contributed by atoms with E-state index < -0.39 is 10.0 Å². The Morgan fingerprint density at radius 1 is 1.15 bits per heavy atom. The van der Waals surface area contributed by atoms with E-state index in [1.54, 1.807) is 12.3 Å². The summed E-state index contributed by atoms with van der Waals surface area (Å²) in [5, 5.41) is 4.06. The van der Waals surface area contributed by atoms with Crippen LogP contribution in [0.4, 0.5) is 11.4 Å². The van der Waals surface area contributed by atoms with Gasteiger partial charge >= 0.3 is 0 Å². The number of nitrogens with one attached hydrogen (secondary N) is 2. The van der Waals surface area contributed by atoms with E-state index in [0.29, 0.717) is 10.8 Å². The Kier molecular flexibility index (Phi) is 5.96. The summed E-state index contributed by atoms with van der Waals surface area (Å²) >= 11 is 5.79. The predicted octanol–water partition coefficient (Wildman–Crippen LogP) is 4.50. The number of pyridine rings is 1. The number of thiocarbonyl (C=S) groups is 1. The zero-order valence-electron chi connectivity index (χ0n) is 19.4. The van der Waals surface area contributed by atoms with Crippen molar-refractivity contribution in [2.24, 2.45) is 0 Å². The Labute approximate surface area is 200 Å². The molecule has 1 aromatic carbocycles. The molecule has 174 valence electrons.